The normalized spacial score (nSPS) is 10.7. The molecule has 35 heavy (non-hydrogen) atoms. The van der Waals surface area contributed by atoms with Gasteiger partial charge in [0.05, 0.1) is 6.54 Å². The van der Waals surface area contributed by atoms with E-state index in [0.717, 1.165) is 16.0 Å². The lowest BCUT2D eigenvalue weighted by atomic mass is 10.2. The van der Waals surface area contributed by atoms with Crippen molar-refractivity contribution in [1.82, 2.24) is 9.80 Å². The Hall–Kier alpha value is -2.87. The van der Waals surface area contributed by atoms with Gasteiger partial charge in [-0.15, -0.1) is 11.3 Å². The maximum absolute atomic E-state index is 13.5. The highest BCUT2D eigenvalue weighted by molar-refractivity contribution is 7.10. The number of halogens is 1. The number of ether oxygens (including phenoxy) is 1. The van der Waals surface area contributed by atoms with E-state index < -0.39 is 0 Å². The minimum Gasteiger partial charge on any atom is -0.382 e. The summed E-state index contributed by atoms with van der Waals surface area (Å²) in [7, 11) is 0. The molecule has 0 aliphatic rings. The molecule has 0 radical (unpaired) electrons. The number of thiophene rings is 1. The predicted molar refractivity (Wildman–Crippen MR) is 143 cm³/mol. The van der Waals surface area contributed by atoms with Gasteiger partial charge in [-0.3, -0.25) is 4.79 Å². The van der Waals surface area contributed by atoms with Crippen LogP contribution in [-0.4, -0.2) is 48.0 Å². The number of urea groups is 1. The van der Waals surface area contributed by atoms with Gasteiger partial charge < -0.3 is 19.9 Å². The molecule has 0 atom stereocenters. The van der Waals surface area contributed by atoms with Crippen LogP contribution in [0.5, 0.6) is 0 Å². The van der Waals surface area contributed by atoms with E-state index in [1.165, 1.54) is 0 Å². The zero-order valence-corrected chi connectivity index (χ0v) is 21.8. The van der Waals surface area contributed by atoms with Crippen LogP contribution in [0.25, 0.3) is 0 Å². The first-order valence-electron chi connectivity index (χ1n) is 11.7. The molecular weight excluding hydrogens is 482 g/mol. The summed E-state index contributed by atoms with van der Waals surface area (Å²) >= 11 is 7.60. The van der Waals surface area contributed by atoms with Crippen molar-refractivity contribution in [3.63, 3.8) is 0 Å². The number of nitrogens with one attached hydrogen (secondary N) is 1. The largest absolute Gasteiger partial charge is 0.382 e. The van der Waals surface area contributed by atoms with Gasteiger partial charge in [-0.25, -0.2) is 4.79 Å². The summed E-state index contributed by atoms with van der Waals surface area (Å²) in [5.41, 5.74) is 2.83. The fourth-order valence-electron chi connectivity index (χ4n) is 3.53. The van der Waals surface area contributed by atoms with Crippen LogP contribution in [0.4, 0.5) is 10.5 Å². The van der Waals surface area contributed by atoms with Crippen molar-refractivity contribution in [3.05, 3.63) is 87.1 Å². The maximum Gasteiger partial charge on any atom is 0.322 e. The fraction of sp³-hybridized carbons (Fsp3) is 0.333. The minimum atomic E-state index is -0.330. The number of amides is 3. The number of aryl methyl sites for hydroxylation is 1. The fourth-order valence-corrected chi connectivity index (χ4v) is 4.58. The van der Waals surface area contributed by atoms with Crippen molar-refractivity contribution < 1.29 is 14.3 Å². The monoisotopic (exact) mass is 513 g/mol. The Bertz CT molecular complexity index is 1070. The number of hydrogen-bond donors (Lipinski definition) is 1. The summed E-state index contributed by atoms with van der Waals surface area (Å²) in [5, 5.41) is 5.50. The highest BCUT2D eigenvalue weighted by atomic mass is 35.5. The quantitative estimate of drug-likeness (QED) is 0.293. The molecule has 186 valence electrons. The molecule has 6 nitrogen and oxygen atoms in total. The lowest BCUT2D eigenvalue weighted by Crippen LogP contribution is -2.44. The van der Waals surface area contributed by atoms with Crippen LogP contribution in [0.3, 0.4) is 0 Å². The summed E-state index contributed by atoms with van der Waals surface area (Å²) in [5.74, 6) is -0.107. The first-order chi connectivity index (χ1) is 17.0. The second-order valence-corrected chi connectivity index (χ2v) is 9.61. The van der Waals surface area contributed by atoms with Gasteiger partial charge in [0.2, 0.25) is 5.91 Å². The molecule has 3 rings (SSSR count). The minimum absolute atomic E-state index is 0.0250. The standard InChI is InChI=1S/C27H32ClN3O3S/c1-3-34-16-7-15-30(27(33)29-24-12-10-23(28)11-13-24)20-26(32)31(18-22-8-5-4-6-9-22)19-25-21(2)14-17-35-25/h4-6,8-14,17H,3,7,15-16,18-20H2,1-2H3,(H,29,33). The Balaban J connectivity index is 1.75. The number of nitrogens with zero attached hydrogens (tertiary/aromatic N) is 2. The zero-order chi connectivity index (χ0) is 25.0. The molecule has 0 bridgehead atoms. The average Bonchev–Trinajstić information content (AvgIpc) is 3.26. The number of hydrogen-bond acceptors (Lipinski definition) is 4. The summed E-state index contributed by atoms with van der Waals surface area (Å²) in [6.07, 6.45) is 0.637. The highest BCUT2D eigenvalue weighted by Gasteiger charge is 2.22. The SMILES string of the molecule is CCOCCCN(CC(=O)N(Cc1ccccc1)Cc1sccc1C)C(=O)Nc1ccc(Cl)cc1. The first kappa shape index (κ1) is 26.7. The molecule has 3 amide bonds. The van der Waals surface area contributed by atoms with Crippen molar-refractivity contribution in [2.24, 2.45) is 0 Å². The Morgan fingerprint density at radius 3 is 2.40 bits per heavy atom. The predicted octanol–water partition coefficient (Wildman–Crippen LogP) is 6.20. The van der Waals surface area contributed by atoms with Crippen molar-refractivity contribution in [3.8, 4) is 0 Å². The summed E-state index contributed by atoms with van der Waals surface area (Å²) in [6, 6.07) is 18.5. The van der Waals surface area contributed by atoms with Crippen molar-refractivity contribution in [1.29, 1.82) is 0 Å². The third-order valence-electron chi connectivity index (χ3n) is 5.50. The molecule has 0 saturated heterocycles. The lowest BCUT2D eigenvalue weighted by Gasteiger charge is -2.28. The van der Waals surface area contributed by atoms with Gasteiger partial charge in [0, 0.05) is 41.9 Å². The Morgan fingerprint density at radius 1 is 1.00 bits per heavy atom. The number of rotatable bonds is 12. The van der Waals surface area contributed by atoms with Crippen molar-refractivity contribution >= 4 is 40.6 Å². The van der Waals surface area contributed by atoms with Gasteiger partial charge in [0.15, 0.2) is 0 Å². The van der Waals surface area contributed by atoms with Crippen LogP contribution in [0.15, 0.2) is 66.0 Å². The molecule has 0 saturated carbocycles. The van der Waals surface area contributed by atoms with Crippen LogP contribution >= 0.6 is 22.9 Å². The number of carbonyl (C=O) groups excluding carboxylic acids is 2. The molecule has 2 aromatic carbocycles. The number of carbonyl (C=O) groups is 2. The van der Waals surface area contributed by atoms with Gasteiger partial charge in [-0.2, -0.15) is 0 Å². The van der Waals surface area contributed by atoms with Crippen molar-refractivity contribution in [2.45, 2.75) is 33.4 Å². The molecule has 0 aliphatic carbocycles. The number of benzene rings is 2. The van der Waals surface area contributed by atoms with E-state index in [2.05, 4.69) is 18.3 Å². The van der Waals surface area contributed by atoms with Crippen LogP contribution in [0, 0.1) is 6.92 Å². The highest BCUT2D eigenvalue weighted by Crippen LogP contribution is 2.20. The third-order valence-corrected chi connectivity index (χ3v) is 6.76. The van der Waals surface area contributed by atoms with Crippen molar-refractivity contribution in [2.75, 3.05) is 31.6 Å². The smallest absolute Gasteiger partial charge is 0.322 e. The molecule has 0 aliphatic heterocycles. The van der Waals surface area contributed by atoms with Gasteiger partial charge in [-0.1, -0.05) is 41.9 Å². The van der Waals surface area contributed by atoms with E-state index in [0.29, 0.717) is 50.0 Å². The molecule has 0 fully saturated rings. The molecular formula is C27H32ClN3O3S. The molecule has 1 N–H and O–H groups in total. The topological polar surface area (TPSA) is 61.9 Å². The first-order valence-corrected chi connectivity index (χ1v) is 13.0. The van der Waals surface area contributed by atoms with E-state index in [4.69, 9.17) is 16.3 Å². The van der Waals surface area contributed by atoms with Crippen LogP contribution in [-0.2, 0) is 22.6 Å². The van der Waals surface area contributed by atoms with E-state index in [-0.39, 0.29) is 18.5 Å². The van der Waals surface area contributed by atoms with E-state index >= 15 is 0 Å². The Labute approximate surface area is 216 Å². The van der Waals surface area contributed by atoms with E-state index in [1.807, 2.05) is 47.5 Å². The Morgan fingerprint density at radius 2 is 1.74 bits per heavy atom. The summed E-state index contributed by atoms with van der Waals surface area (Å²) in [4.78, 5) is 31.2. The second kappa shape index (κ2) is 13.9. The van der Waals surface area contributed by atoms with E-state index in [9.17, 15) is 9.59 Å². The van der Waals surface area contributed by atoms with Gasteiger partial charge >= 0.3 is 6.03 Å². The second-order valence-electron chi connectivity index (χ2n) is 8.17. The van der Waals surface area contributed by atoms with Gasteiger partial charge in [0.25, 0.3) is 0 Å². The maximum atomic E-state index is 13.5. The number of anilines is 1. The molecule has 0 unspecified atom stereocenters. The van der Waals surface area contributed by atoms with Crippen LogP contribution < -0.4 is 5.32 Å². The van der Waals surface area contributed by atoms with Crippen LogP contribution in [0.1, 0.15) is 29.3 Å². The van der Waals surface area contributed by atoms with Crippen LogP contribution in [0.2, 0.25) is 5.02 Å². The molecule has 8 heteroatoms. The van der Waals surface area contributed by atoms with Gasteiger partial charge in [-0.05, 0) is 67.1 Å². The Kier molecular flexibility index (Phi) is 10.6. The molecule has 1 heterocycles. The lowest BCUT2D eigenvalue weighted by molar-refractivity contribution is -0.133. The average molecular weight is 514 g/mol. The van der Waals surface area contributed by atoms with Gasteiger partial charge in [0.1, 0.15) is 6.54 Å². The van der Waals surface area contributed by atoms with E-state index in [1.54, 1.807) is 40.5 Å². The summed E-state index contributed by atoms with van der Waals surface area (Å²) < 4.78 is 5.44. The molecule has 3 aromatic rings. The molecule has 0 spiro atoms. The molecule has 1 aromatic heterocycles. The zero-order valence-electron chi connectivity index (χ0n) is 20.2. The third kappa shape index (κ3) is 8.69. The summed E-state index contributed by atoms with van der Waals surface area (Å²) in [6.45, 7) is 6.48.